The number of halogens is 4. The van der Waals surface area contributed by atoms with Crippen molar-refractivity contribution >= 4 is 44.9 Å². The van der Waals surface area contributed by atoms with E-state index in [4.69, 9.17) is 21.5 Å². The quantitative estimate of drug-likeness (QED) is 0.390. The van der Waals surface area contributed by atoms with E-state index in [-0.39, 0.29) is 16.1 Å². The highest BCUT2D eigenvalue weighted by atomic mass is 35.5. The van der Waals surface area contributed by atoms with E-state index in [2.05, 4.69) is 11.6 Å². The van der Waals surface area contributed by atoms with Crippen molar-refractivity contribution in [2.75, 3.05) is 22.7 Å². The number of carbonyl (C=O) groups is 2. The Morgan fingerprint density at radius 3 is 2.20 bits per heavy atom. The number of carboxylic acids is 2. The summed E-state index contributed by atoms with van der Waals surface area (Å²) in [7, 11) is -3.90. The fourth-order valence-electron chi connectivity index (χ4n) is 2.93. The molecule has 0 aliphatic rings. The Hall–Kier alpha value is -2.99. The molecule has 0 heterocycles. The summed E-state index contributed by atoms with van der Waals surface area (Å²) in [5.41, 5.74) is 1.25. The smallest absolute Gasteiger partial charge is 0.478 e. The van der Waals surface area contributed by atoms with Gasteiger partial charge in [0, 0.05) is 23.8 Å². The van der Waals surface area contributed by atoms with Crippen molar-refractivity contribution in [3.8, 4) is 0 Å². The number of carboxylic acid groups (broad SMARTS) is 2. The molecule has 3 N–H and O–H groups in total. The van der Waals surface area contributed by atoms with Gasteiger partial charge in [-0.1, -0.05) is 31.0 Å². The second-order valence-electron chi connectivity index (χ2n) is 7.24. The Labute approximate surface area is 206 Å². The molecule has 0 unspecified atom stereocenters. The minimum atomic E-state index is -5.08. The summed E-state index contributed by atoms with van der Waals surface area (Å²) < 4.78 is 59.7. The van der Waals surface area contributed by atoms with Gasteiger partial charge in [-0.2, -0.15) is 13.2 Å². The monoisotopic (exact) mass is 538 g/mol. The van der Waals surface area contributed by atoms with Crippen LogP contribution in [0.5, 0.6) is 0 Å². The van der Waals surface area contributed by atoms with Crippen molar-refractivity contribution in [2.45, 2.75) is 44.7 Å². The number of sulfonamides is 1. The largest absolute Gasteiger partial charge is 0.490 e. The van der Waals surface area contributed by atoms with Gasteiger partial charge in [-0.25, -0.2) is 18.0 Å². The third-order valence-electron chi connectivity index (χ3n) is 4.73. The molecule has 2 aromatic rings. The van der Waals surface area contributed by atoms with Crippen LogP contribution in [0.15, 0.2) is 41.3 Å². The van der Waals surface area contributed by atoms with Crippen LogP contribution in [-0.2, 0) is 14.8 Å². The van der Waals surface area contributed by atoms with Gasteiger partial charge in [-0.15, -0.1) is 0 Å². The number of benzene rings is 2. The number of aliphatic carboxylic acids is 1. The Morgan fingerprint density at radius 2 is 1.71 bits per heavy atom. The molecule has 2 rings (SSSR count). The molecule has 0 saturated carbocycles. The van der Waals surface area contributed by atoms with Crippen molar-refractivity contribution in [3.63, 3.8) is 0 Å². The van der Waals surface area contributed by atoms with Crippen molar-refractivity contribution < 1.29 is 41.4 Å². The molecular formula is C22H26ClF3N2O6S. The molecule has 0 aliphatic carbocycles. The highest BCUT2D eigenvalue weighted by Crippen LogP contribution is 2.28. The molecule has 0 spiro atoms. The van der Waals surface area contributed by atoms with Crippen LogP contribution in [0.2, 0.25) is 5.02 Å². The Balaban J connectivity index is 0.000000762. The first-order chi connectivity index (χ1) is 16.2. The molecule has 0 radical (unpaired) electrons. The average molecular weight is 539 g/mol. The molecule has 0 saturated heterocycles. The molecule has 194 valence electrons. The van der Waals surface area contributed by atoms with Gasteiger partial charge >= 0.3 is 18.1 Å². The van der Waals surface area contributed by atoms with Crippen LogP contribution >= 0.6 is 11.6 Å². The summed E-state index contributed by atoms with van der Waals surface area (Å²) in [6, 6.07) is 9.20. The van der Waals surface area contributed by atoms with Gasteiger partial charge in [0.2, 0.25) is 0 Å². The zero-order valence-electron chi connectivity index (χ0n) is 19.2. The lowest BCUT2D eigenvalue weighted by atomic mass is 10.1. The number of hydrogen-bond acceptors (Lipinski definition) is 5. The third-order valence-corrected chi connectivity index (χ3v) is 6.67. The summed E-state index contributed by atoms with van der Waals surface area (Å²) in [6.07, 6.45) is -3.15. The topological polar surface area (TPSA) is 124 Å². The maximum atomic E-state index is 12.7. The van der Waals surface area contributed by atoms with Crippen LogP contribution in [0.4, 0.5) is 24.5 Å². The van der Waals surface area contributed by atoms with Gasteiger partial charge in [0.25, 0.3) is 10.0 Å². The lowest BCUT2D eigenvalue weighted by Gasteiger charge is -2.25. The average Bonchev–Trinajstić information content (AvgIpc) is 2.76. The lowest BCUT2D eigenvalue weighted by molar-refractivity contribution is -0.192. The van der Waals surface area contributed by atoms with E-state index in [1.165, 1.54) is 12.1 Å². The van der Waals surface area contributed by atoms with Crippen LogP contribution in [0.3, 0.4) is 0 Å². The molecule has 35 heavy (non-hydrogen) atoms. The summed E-state index contributed by atoms with van der Waals surface area (Å²) in [5, 5.41) is 17.1. The highest BCUT2D eigenvalue weighted by Gasteiger charge is 2.38. The Bertz CT molecular complexity index is 1160. The summed E-state index contributed by atoms with van der Waals surface area (Å²) in [4.78, 5) is 22.7. The second kappa shape index (κ2) is 12.6. The van der Waals surface area contributed by atoms with Gasteiger partial charge in [0.15, 0.2) is 0 Å². The summed E-state index contributed by atoms with van der Waals surface area (Å²) in [6.45, 7) is 7.05. The van der Waals surface area contributed by atoms with Crippen LogP contribution in [0, 0.1) is 6.92 Å². The van der Waals surface area contributed by atoms with Crippen LogP contribution < -0.4 is 9.62 Å². The van der Waals surface area contributed by atoms with Crippen molar-refractivity contribution in [1.82, 2.24) is 0 Å². The maximum Gasteiger partial charge on any atom is 0.490 e. The Kier molecular flexibility index (Phi) is 10.8. The SMILES string of the molecule is CCCCN(CC)c1ccc(NS(=O)(=O)c2cccc(Cl)c2C)cc1C(=O)O.O=C(O)C(F)(F)F. The van der Waals surface area contributed by atoms with Gasteiger partial charge in [0.1, 0.15) is 0 Å². The van der Waals surface area contributed by atoms with E-state index in [1.807, 2.05) is 11.8 Å². The number of nitrogens with one attached hydrogen (secondary N) is 1. The lowest BCUT2D eigenvalue weighted by Crippen LogP contribution is -2.26. The van der Waals surface area contributed by atoms with E-state index in [1.54, 1.807) is 31.2 Å². The zero-order chi connectivity index (χ0) is 27.0. The fourth-order valence-corrected chi connectivity index (χ4v) is 4.48. The van der Waals surface area contributed by atoms with E-state index < -0.39 is 28.1 Å². The number of alkyl halides is 3. The maximum absolute atomic E-state index is 12.7. The normalized spacial score (nSPS) is 11.3. The second-order valence-corrected chi connectivity index (χ2v) is 9.30. The number of rotatable bonds is 9. The first-order valence-electron chi connectivity index (χ1n) is 10.4. The molecular weight excluding hydrogens is 513 g/mol. The molecule has 0 aliphatic heterocycles. The molecule has 2 aromatic carbocycles. The number of nitrogens with zero attached hydrogens (tertiary/aromatic N) is 1. The predicted molar refractivity (Wildman–Crippen MR) is 127 cm³/mol. The van der Waals surface area contributed by atoms with E-state index in [0.29, 0.717) is 22.8 Å². The number of aromatic carboxylic acids is 1. The van der Waals surface area contributed by atoms with Gasteiger partial charge in [-0.3, -0.25) is 4.72 Å². The predicted octanol–water partition coefficient (Wildman–Crippen LogP) is 5.41. The molecule has 0 bridgehead atoms. The van der Waals surface area contributed by atoms with Crippen LogP contribution in [0.1, 0.15) is 42.6 Å². The van der Waals surface area contributed by atoms with Gasteiger partial charge < -0.3 is 15.1 Å². The Morgan fingerprint density at radius 1 is 1.11 bits per heavy atom. The van der Waals surface area contributed by atoms with Crippen LogP contribution in [-0.4, -0.2) is 49.8 Å². The van der Waals surface area contributed by atoms with Crippen molar-refractivity contribution in [1.29, 1.82) is 0 Å². The number of hydrogen-bond donors (Lipinski definition) is 3. The van der Waals surface area contributed by atoms with E-state index >= 15 is 0 Å². The fraction of sp³-hybridized carbons (Fsp3) is 0.364. The van der Waals surface area contributed by atoms with Crippen molar-refractivity contribution in [2.24, 2.45) is 0 Å². The first kappa shape index (κ1) is 30.0. The summed E-state index contributed by atoms with van der Waals surface area (Å²) >= 11 is 6.03. The standard InChI is InChI=1S/C20H25ClN2O4S.C2HF3O2/c1-4-6-12-23(5-2)18-11-10-15(13-16(18)20(24)25)22-28(26,27)19-9-7-8-17(21)14(19)3;3-2(4,5)1(6)7/h7-11,13,22H,4-6,12H2,1-3H3,(H,24,25);(H,6,7). The molecule has 0 atom stereocenters. The van der Waals surface area contributed by atoms with E-state index in [0.717, 1.165) is 19.4 Å². The third kappa shape index (κ3) is 8.62. The summed E-state index contributed by atoms with van der Waals surface area (Å²) in [5.74, 6) is -3.86. The molecule has 0 fully saturated rings. The molecule has 13 heteroatoms. The minimum absolute atomic E-state index is 0.0547. The van der Waals surface area contributed by atoms with E-state index in [9.17, 15) is 31.5 Å². The first-order valence-corrected chi connectivity index (χ1v) is 12.2. The molecule has 0 amide bonds. The van der Waals surface area contributed by atoms with Crippen molar-refractivity contribution in [3.05, 3.63) is 52.5 Å². The molecule has 0 aromatic heterocycles. The highest BCUT2D eigenvalue weighted by molar-refractivity contribution is 7.92. The molecule has 8 nitrogen and oxygen atoms in total. The van der Waals surface area contributed by atoms with Gasteiger partial charge in [-0.05, 0) is 56.2 Å². The number of unbranched alkanes of at least 4 members (excludes halogenated alkanes) is 1. The number of anilines is 2. The van der Waals surface area contributed by atoms with Crippen LogP contribution in [0.25, 0.3) is 0 Å². The zero-order valence-corrected chi connectivity index (χ0v) is 20.8. The van der Waals surface area contributed by atoms with Gasteiger partial charge in [0.05, 0.1) is 16.1 Å². The minimum Gasteiger partial charge on any atom is -0.478 e.